The van der Waals surface area contributed by atoms with Crippen LogP contribution in [0.5, 0.6) is 5.75 Å². The van der Waals surface area contributed by atoms with E-state index in [0.29, 0.717) is 18.1 Å². The minimum Gasteiger partial charge on any atom is -0.490 e. The summed E-state index contributed by atoms with van der Waals surface area (Å²) in [5.41, 5.74) is 0. The molecule has 1 unspecified atom stereocenters. The van der Waals surface area contributed by atoms with Crippen molar-refractivity contribution in [3.05, 3.63) is 11.5 Å². The molecular formula is C10H14ClN3O3S. The number of hydrogen-bond donors (Lipinski definition) is 0. The van der Waals surface area contributed by atoms with Crippen molar-refractivity contribution in [3.63, 3.8) is 0 Å². The highest BCUT2D eigenvalue weighted by Crippen LogP contribution is 2.33. The molecule has 18 heavy (non-hydrogen) atoms. The molecule has 6 nitrogen and oxygen atoms in total. The van der Waals surface area contributed by atoms with Crippen molar-refractivity contribution >= 4 is 27.3 Å². The Labute approximate surface area is 111 Å². The molecular weight excluding hydrogens is 278 g/mol. The average Bonchev–Trinajstić information content (AvgIpc) is 2.27. The molecule has 1 atom stereocenters. The van der Waals surface area contributed by atoms with Crippen molar-refractivity contribution in [2.45, 2.75) is 13.0 Å². The average molecular weight is 292 g/mol. The van der Waals surface area contributed by atoms with Gasteiger partial charge in [-0.2, -0.15) is 0 Å². The lowest BCUT2D eigenvalue weighted by molar-refractivity contribution is 0.409. The summed E-state index contributed by atoms with van der Waals surface area (Å²) in [7, 11) is -1.48. The number of hydrogen-bond acceptors (Lipinski definition) is 6. The molecule has 0 bridgehead atoms. The molecule has 0 radical (unpaired) electrons. The zero-order chi connectivity index (χ0) is 13.3. The lowest BCUT2D eigenvalue weighted by atomic mass is 10.3. The maximum Gasteiger partial charge on any atom is 0.199 e. The van der Waals surface area contributed by atoms with Crippen molar-refractivity contribution in [1.82, 2.24) is 9.97 Å². The Morgan fingerprint density at radius 3 is 2.83 bits per heavy atom. The second kappa shape index (κ2) is 4.89. The molecule has 0 N–H and O–H groups in total. The van der Waals surface area contributed by atoms with E-state index in [9.17, 15) is 8.42 Å². The van der Waals surface area contributed by atoms with E-state index < -0.39 is 9.84 Å². The first kappa shape index (κ1) is 13.4. The third-order valence-electron chi connectivity index (χ3n) is 2.89. The second-order valence-corrected chi connectivity index (χ2v) is 6.76. The smallest absolute Gasteiger partial charge is 0.199 e. The predicted octanol–water partition coefficient (Wildman–Crippen LogP) is 0.762. The lowest BCUT2D eigenvalue weighted by Gasteiger charge is -2.34. The topological polar surface area (TPSA) is 72.4 Å². The fourth-order valence-corrected chi connectivity index (χ4v) is 3.80. The third-order valence-corrected chi connectivity index (χ3v) is 4.95. The number of sulfone groups is 1. The van der Waals surface area contributed by atoms with Crippen LogP contribution in [0.1, 0.15) is 6.92 Å². The Bertz CT molecular complexity index is 549. The summed E-state index contributed by atoms with van der Waals surface area (Å²) < 4.78 is 28.3. The first-order chi connectivity index (χ1) is 8.44. The van der Waals surface area contributed by atoms with E-state index in [1.807, 2.05) is 11.8 Å². The summed E-state index contributed by atoms with van der Waals surface area (Å²) in [4.78, 5) is 9.87. The van der Waals surface area contributed by atoms with Crippen molar-refractivity contribution in [3.8, 4) is 5.75 Å². The molecule has 1 aliphatic rings. The molecule has 100 valence electrons. The largest absolute Gasteiger partial charge is 0.490 e. The van der Waals surface area contributed by atoms with Crippen LogP contribution in [0.25, 0.3) is 0 Å². The van der Waals surface area contributed by atoms with E-state index in [1.165, 1.54) is 13.4 Å². The van der Waals surface area contributed by atoms with Gasteiger partial charge in [0.2, 0.25) is 0 Å². The van der Waals surface area contributed by atoms with Gasteiger partial charge in [-0.25, -0.2) is 18.4 Å². The highest BCUT2D eigenvalue weighted by atomic mass is 35.5. The molecule has 0 aromatic carbocycles. The molecule has 0 amide bonds. The van der Waals surface area contributed by atoms with Gasteiger partial charge >= 0.3 is 0 Å². The number of ether oxygens (including phenoxy) is 1. The zero-order valence-corrected chi connectivity index (χ0v) is 11.7. The van der Waals surface area contributed by atoms with Gasteiger partial charge in [-0.3, -0.25) is 0 Å². The van der Waals surface area contributed by atoms with E-state index in [1.54, 1.807) is 0 Å². The van der Waals surface area contributed by atoms with Crippen molar-refractivity contribution in [2.75, 3.05) is 30.1 Å². The van der Waals surface area contributed by atoms with E-state index in [-0.39, 0.29) is 22.7 Å². The van der Waals surface area contributed by atoms with E-state index >= 15 is 0 Å². The Morgan fingerprint density at radius 2 is 2.22 bits per heavy atom. The van der Waals surface area contributed by atoms with Crippen molar-refractivity contribution in [1.29, 1.82) is 0 Å². The van der Waals surface area contributed by atoms with E-state index in [2.05, 4.69) is 9.97 Å². The van der Waals surface area contributed by atoms with E-state index in [4.69, 9.17) is 16.3 Å². The summed E-state index contributed by atoms with van der Waals surface area (Å²) in [6, 6.07) is -0.163. The lowest BCUT2D eigenvalue weighted by Crippen LogP contribution is -2.47. The van der Waals surface area contributed by atoms with Gasteiger partial charge < -0.3 is 9.64 Å². The molecule has 1 aliphatic heterocycles. The van der Waals surface area contributed by atoms with Gasteiger partial charge in [0, 0.05) is 12.6 Å². The molecule has 1 aromatic heterocycles. The van der Waals surface area contributed by atoms with Gasteiger partial charge in [0.25, 0.3) is 0 Å². The molecule has 1 saturated heterocycles. The highest BCUT2D eigenvalue weighted by Gasteiger charge is 2.31. The maximum absolute atomic E-state index is 11.5. The predicted molar refractivity (Wildman–Crippen MR) is 69.1 cm³/mol. The molecule has 8 heteroatoms. The van der Waals surface area contributed by atoms with Crippen LogP contribution in [0.3, 0.4) is 0 Å². The molecule has 0 aliphatic carbocycles. The van der Waals surface area contributed by atoms with Crippen LogP contribution in [0.15, 0.2) is 6.33 Å². The quantitative estimate of drug-likeness (QED) is 0.749. The Hall–Kier alpha value is -1.08. The number of rotatable bonds is 2. The minimum absolute atomic E-state index is 0.109. The number of nitrogens with zero attached hydrogens (tertiary/aromatic N) is 3. The fraction of sp³-hybridized carbons (Fsp3) is 0.600. The first-order valence-corrected chi connectivity index (χ1v) is 7.66. The fourth-order valence-electron chi connectivity index (χ4n) is 2.04. The summed E-state index contributed by atoms with van der Waals surface area (Å²) in [5.74, 6) is 1.14. The van der Waals surface area contributed by atoms with Gasteiger partial charge in [0.1, 0.15) is 6.33 Å². The molecule has 2 heterocycles. The number of methoxy groups -OCH3 is 1. The molecule has 1 aromatic rings. The first-order valence-electron chi connectivity index (χ1n) is 5.46. The summed E-state index contributed by atoms with van der Waals surface area (Å²) in [5, 5.41) is 0.225. The number of halogens is 1. The zero-order valence-electron chi connectivity index (χ0n) is 10.1. The monoisotopic (exact) mass is 291 g/mol. The SMILES string of the molecule is COc1c(Cl)ncnc1N1CCS(=O)(=O)CC1C. The highest BCUT2D eigenvalue weighted by molar-refractivity contribution is 7.91. The van der Waals surface area contributed by atoms with Gasteiger partial charge in [-0.05, 0) is 6.92 Å². The van der Waals surface area contributed by atoms with E-state index in [0.717, 1.165) is 0 Å². The molecule has 2 rings (SSSR count). The standard InChI is InChI=1S/C10H14ClN3O3S/c1-7-5-18(15,16)4-3-14(7)10-8(17-2)9(11)12-6-13-10/h6-7H,3-5H2,1-2H3. The van der Waals surface area contributed by atoms with Crippen LogP contribution in [0, 0.1) is 0 Å². The Balaban J connectivity index is 2.36. The summed E-state index contributed by atoms with van der Waals surface area (Å²) >= 11 is 5.93. The normalized spacial score (nSPS) is 22.8. The second-order valence-electron chi connectivity index (χ2n) is 4.18. The number of aromatic nitrogens is 2. The summed E-state index contributed by atoms with van der Waals surface area (Å²) in [6.45, 7) is 2.22. The summed E-state index contributed by atoms with van der Waals surface area (Å²) in [6.07, 6.45) is 1.34. The molecule has 1 fully saturated rings. The van der Waals surface area contributed by atoms with Crippen LogP contribution in [-0.4, -0.2) is 49.6 Å². The molecule has 0 saturated carbocycles. The van der Waals surface area contributed by atoms with Crippen LogP contribution in [0.2, 0.25) is 5.15 Å². The van der Waals surface area contributed by atoms with Gasteiger partial charge in [0.15, 0.2) is 26.6 Å². The van der Waals surface area contributed by atoms with Gasteiger partial charge in [-0.15, -0.1) is 0 Å². The van der Waals surface area contributed by atoms with Crippen LogP contribution in [0.4, 0.5) is 5.82 Å². The molecule has 0 spiro atoms. The van der Waals surface area contributed by atoms with Crippen molar-refractivity contribution < 1.29 is 13.2 Å². The van der Waals surface area contributed by atoms with Crippen molar-refractivity contribution in [2.24, 2.45) is 0 Å². The van der Waals surface area contributed by atoms with Crippen LogP contribution < -0.4 is 9.64 Å². The third kappa shape index (κ3) is 2.51. The number of anilines is 1. The Morgan fingerprint density at radius 1 is 1.50 bits per heavy atom. The van der Waals surface area contributed by atoms with Gasteiger partial charge in [0.05, 0.1) is 18.6 Å². The van der Waals surface area contributed by atoms with Gasteiger partial charge in [-0.1, -0.05) is 11.6 Å². The maximum atomic E-state index is 11.5. The Kier molecular flexibility index (Phi) is 3.63. The van der Waals surface area contributed by atoms with Crippen LogP contribution >= 0.6 is 11.6 Å². The minimum atomic E-state index is -2.96. The van der Waals surface area contributed by atoms with Crippen LogP contribution in [-0.2, 0) is 9.84 Å².